The normalized spacial score (nSPS) is 9.47. The highest BCUT2D eigenvalue weighted by atomic mass is 32.2. The Morgan fingerprint density at radius 1 is 1.29 bits per heavy atom. The molecule has 0 saturated heterocycles. The van der Waals surface area contributed by atoms with Gasteiger partial charge in [-0.3, -0.25) is 0 Å². The number of rotatable bonds is 3. The smallest absolute Gasteiger partial charge is 0.351 e. The fourth-order valence-electron chi connectivity index (χ4n) is 0.546. The number of nitrogens with zero attached hydrogens (tertiary/aromatic N) is 1. The van der Waals surface area contributed by atoms with Crippen LogP contribution in [0.2, 0.25) is 0 Å². The zero-order valence-corrected chi connectivity index (χ0v) is 10.4. The Labute approximate surface area is 99.1 Å². The van der Waals surface area contributed by atoms with Crippen molar-refractivity contribution in [3.8, 4) is 0 Å². The molecule has 10 nitrogen and oxygen atoms in total. The first kappa shape index (κ1) is 17.7. The van der Waals surface area contributed by atoms with E-state index in [4.69, 9.17) is 0 Å². The van der Waals surface area contributed by atoms with Crippen LogP contribution in [0.4, 0.5) is 9.59 Å². The summed E-state index contributed by atoms with van der Waals surface area (Å²) in [4.78, 5) is 19.5. The van der Waals surface area contributed by atoms with E-state index in [2.05, 4.69) is 15.8 Å². The zero-order chi connectivity index (χ0) is 14.1. The van der Waals surface area contributed by atoms with E-state index < -0.39 is 32.6 Å². The lowest BCUT2D eigenvalue weighted by Crippen LogP contribution is -2.36. The molecular weight excluding hydrogens is 276 g/mol. The third kappa shape index (κ3) is 17.0. The predicted octanol–water partition coefficient (Wildman–Crippen LogP) is -1.48. The van der Waals surface area contributed by atoms with Crippen LogP contribution in [0, 0.1) is 0 Å². The SMILES string of the molecule is CCCS(=O)(=O)NC(N)=O.NC(=O)N=S(=O)=O. The molecule has 0 aromatic heterocycles. The van der Waals surface area contributed by atoms with Gasteiger partial charge >= 0.3 is 22.6 Å². The minimum Gasteiger partial charge on any atom is -0.351 e. The summed E-state index contributed by atoms with van der Waals surface area (Å²) in [6, 6.07) is -2.23. The largest absolute Gasteiger partial charge is 0.353 e. The maximum absolute atomic E-state index is 10.6. The molecule has 0 aliphatic heterocycles. The van der Waals surface area contributed by atoms with Crippen LogP contribution >= 0.6 is 0 Å². The monoisotopic (exact) mass is 288 g/mol. The molecule has 0 fully saturated rings. The number of primary amides is 2. The van der Waals surface area contributed by atoms with Gasteiger partial charge in [0.2, 0.25) is 10.0 Å². The van der Waals surface area contributed by atoms with Gasteiger partial charge in [-0.05, 0) is 6.42 Å². The van der Waals surface area contributed by atoms with Crippen molar-refractivity contribution in [1.29, 1.82) is 0 Å². The second-order valence-corrected chi connectivity index (χ2v) is 4.89. The van der Waals surface area contributed by atoms with Crippen LogP contribution < -0.4 is 16.2 Å². The summed E-state index contributed by atoms with van der Waals surface area (Å²) in [5, 5.41) is 0. The molecule has 0 aliphatic rings. The van der Waals surface area contributed by atoms with Crippen molar-refractivity contribution in [3.63, 3.8) is 0 Å². The molecule has 0 radical (unpaired) electrons. The highest BCUT2D eigenvalue weighted by molar-refractivity contribution is 7.90. The molecule has 0 unspecified atom stereocenters. The quantitative estimate of drug-likeness (QED) is 0.569. The van der Waals surface area contributed by atoms with Gasteiger partial charge in [-0.25, -0.2) is 22.7 Å². The number of hydrogen-bond acceptors (Lipinski definition) is 6. The molecule has 0 rings (SSSR count). The van der Waals surface area contributed by atoms with Crippen molar-refractivity contribution in [2.75, 3.05) is 5.75 Å². The minimum absolute atomic E-state index is 0.0735. The summed E-state index contributed by atoms with van der Waals surface area (Å²) in [6.45, 7) is 1.69. The summed E-state index contributed by atoms with van der Waals surface area (Å²) < 4.78 is 43.9. The average Bonchev–Trinajstić information content (AvgIpc) is 1.97. The third-order valence-corrected chi connectivity index (χ3v) is 2.68. The van der Waals surface area contributed by atoms with Crippen LogP contribution in [-0.2, 0) is 20.5 Å². The molecule has 4 amide bonds. The van der Waals surface area contributed by atoms with Crippen LogP contribution in [0.1, 0.15) is 13.3 Å². The van der Waals surface area contributed by atoms with Crippen LogP contribution in [0.5, 0.6) is 0 Å². The molecule has 0 aromatic carbocycles. The molecule has 0 heterocycles. The van der Waals surface area contributed by atoms with Crippen LogP contribution in [0.3, 0.4) is 0 Å². The number of nitrogens with one attached hydrogen (secondary N) is 1. The van der Waals surface area contributed by atoms with E-state index in [0.717, 1.165) is 0 Å². The maximum atomic E-state index is 10.6. The van der Waals surface area contributed by atoms with Gasteiger partial charge in [0.15, 0.2) is 0 Å². The molecule has 17 heavy (non-hydrogen) atoms. The molecule has 100 valence electrons. The lowest BCUT2D eigenvalue weighted by Gasteiger charge is -1.99. The zero-order valence-electron chi connectivity index (χ0n) is 8.78. The molecular formula is C5H12N4O6S2. The summed E-state index contributed by atoms with van der Waals surface area (Å²) in [5.41, 5.74) is 8.87. The Bertz CT molecular complexity index is 484. The Morgan fingerprint density at radius 2 is 1.76 bits per heavy atom. The number of sulfonamides is 1. The molecule has 12 heteroatoms. The van der Waals surface area contributed by atoms with Gasteiger partial charge in [0, 0.05) is 0 Å². The summed E-state index contributed by atoms with van der Waals surface area (Å²) in [5.74, 6) is -0.0735. The van der Waals surface area contributed by atoms with E-state index in [1.807, 2.05) is 0 Å². The fraction of sp³-hybridized carbons (Fsp3) is 0.600. The van der Waals surface area contributed by atoms with E-state index >= 15 is 0 Å². The molecule has 0 aromatic rings. The van der Waals surface area contributed by atoms with Crippen molar-refractivity contribution in [2.45, 2.75) is 13.3 Å². The highest BCUT2D eigenvalue weighted by Gasteiger charge is 2.09. The second kappa shape index (κ2) is 8.46. The lowest BCUT2D eigenvalue weighted by molar-refractivity contribution is 0.253. The van der Waals surface area contributed by atoms with Crippen molar-refractivity contribution in [1.82, 2.24) is 4.72 Å². The number of hydrogen-bond donors (Lipinski definition) is 3. The molecule has 0 atom stereocenters. The van der Waals surface area contributed by atoms with E-state index in [1.54, 1.807) is 11.6 Å². The Balaban J connectivity index is 0. The van der Waals surface area contributed by atoms with Gasteiger partial charge in [0.05, 0.1) is 5.75 Å². The lowest BCUT2D eigenvalue weighted by atomic mass is 10.6. The summed E-state index contributed by atoms with van der Waals surface area (Å²) in [7, 11) is -6.15. The molecule has 0 spiro atoms. The van der Waals surface area contributed by atoms with Gasteiger partial charge in [0.1, 0.15) is 0 Å². The van der Waals surface area contributed by atoms with Crippen molar-refractivity contribution in [3.05, 3.63) is 0 Å². The molecule has 0 bridgehead atoms. The first-order valence-corrected chi connectivity index (χ1v) is 6.69. The average molecular weight is 288 g/mol. The Kier molecular flexibility index (Phi) is 8.81. The van der Waals surface area contributed by atoms with E-state index in [1.165, 1.54) is 0 Å². The van der Waals surface area contributed by atoms with E-state index in [0.29, 0.717) is 6.42 Å². The molecule has 0 saturated carbocycles. The fourth-order valence-corrected chi connectivity index (χ4v) is 1.64. The standard InChI is InChI=1S/C4H10N2O3S.CH2N2O3S/c1-2-3-10(8,9)6-4(5)7;2-1(4)3-7(5)6/h2-3H2,1H3,(H3,5,6,7);(H2,2,4). The molecule has 0 aliphatic carbocycles. The van der Waals surface area contributed by atoms with E-state index in [9.17, 15) is 26.4 Å². The predicted molar refractivity (Wildman–Crippen MR) is 57.7 cm³/mol. The second-order valence-electron chi connectivity index (χ2n) is 2.43. The van der Waals surface area contributed by atoms with Crippen LogP contribution in [-0.4, -0.2) is 34.7 Å². The summed E-state index contributed by atoms with van der Waals surface area (Å²) in [6.07, 6.45) is 0.461. The van der Waals surface area contributed by atoms with Crippen LogP contribution in [0.15, 0.2) is 4.36 Å². The topological polar surface area (TPSA) is 179 Å². The Morgan fingerprint density at radius 3 is 1.94 bits per heavy atom. The van der Waals surface area contributed by atoms with Crippen molar-refractivity contribution >= 4 is 32.6 Å². The van der Waals surface area contributed by atoms with Gasteiger partial charge in [0.25, 0.3) is 0 Å². The van der Waals surface area contributed by atoms with Gasteiger partial charge in [-0.15, -0.1) is 0 Å². The van der Waals surface area contributed by atoms with Crippen molar-refractivity contribution < 1.29 is 26.4 Å². The minimum atomic E-state index is -3.46. The maximum Gasteiger partial charge on any atom is 0.353 e. The molecule has 5 N–H and O–H groups in total. The van der Waals surface area contributed by atoms with Crippen molar-refractivity contribution in [2.24, 2.45) is 15.8 Å². The first-order chi connectivity index (χ1) is 7.60. The summed E-state index contributed by atoms with van der Waals surface area (Å²) >= 11 is 0. The number of carbonyl (C=O) groups is 2. The first-order valence-electron chi connectivity index (χ1n) is 4.01. The number of carbonyl (C=O) groups excluding carboxylic acids is 2. The van der Waals surface area contributed by atoms with E-state index in [-0.39, 0.29) is 5.75 Å². The number of urea groups is 2. The van der Waals surface area contributed by atoms with Gasteiger partial charge < -0.3 is 11.5 Å². The highest BCUT2D eigenvalue weighted by Crippen LogP contribution is 1.86. The van der Waals surface area contributed by atoms with Crippen LogP contribution in [0.25, 0.3) is 0 Å². The van der Waals surface area contributed by atoms with Gasteiger partial charge in [-0.1, -0.05) is 11.3 Å². The van der Waals surface area contributed by atoms with Gasteiger partial charge in [-0.2, -0.15) is 8.42 Å². The Hall–Kier alpha value is -1.69. The third-order valence-electron chi connectivity index (χ3n) is 0.893. The number of amides is 4. The number of nitrogens with two attached hydrogens (primary N) is 2.